The third kappa shape index (κ3) is 5.05. The minimum atomic E-state index is -0.741. The van der Waals surface area contributed by atoms with Gasteiger partial charge in [0.15, 0.2) is 0 Å². The van der Waals surface area contributed by atoms with Crippen LogP contribution in [-0.2, 0) is 4.84 Å². The molecule has 0 fully saturated rings. The molecule has 7 nitrogen and oxygen atoms in total. The summed E-state index contributed by atoms with van der Waals surface area (Å²) >= 11 is 0. The Kier molecular flexibility index (Phi) is 7.48. The van der Waals surface area contributed by atoms with Crippen LogP contribution >= 0.6 is 0 Å². The Balaban J connectivity index is 0.00000136. The van der Waals surface area contributed by atoms with Crippen LogP contribution in [0.3, 0.4) is 0 Å². The number of carbonyl (C=O) groups is 1. The molecule has 1 amide bonds. The molecule has 0 aliphatic carbocycles. The average molecular weight is 389 g/mol. The van der Waals surface area contributed by atoms with Crippen LogP contribution in [0, 0.1) is 12.7 Å². The summed E-state index contributed by atoms with van der Waals surface area (Å²) < 4.78 is 19.8. The van der Waals surface area contributed by atoms with Gasteiger partial charge in [0.2, 0.25) is 5.76 Å². The number of nitrogens with one attached hydrogen (secondary N) is 2. The summed E-state index contributed by atoms with van der Waals surface area (Å²) in [6.07, 6.45) is 2.29. The minimum Gasteiger partial charge on any atom is -0.448 e. The zero-order valence-corrected chi connectivity index (χ0v) is 16.2. The van der Waals surface area contributed by atoms with E-state index in [4.69, 9.17) is 9.25 Å². The third-order valence-electron chi connectivity index (χ3n) is 3.57. The van der Waals surface area contributed by atoms with Crippen molar-refractivity contribution in [1.29, 1.82) is 0 Å². The van der Waals surface area contributed by atoms with Crippen LogP contribution in [0.4, 0.5) is 15.8 Å². The smallest absolute Gasteiger partial charge is 0.312 e. The zero-order valence-electron chi connectivity index (χ0n) is 16.2. The molecule has 1 aromatic carbocycles. The summed E-state index contributed by atoms with van der Waals surface area (Å²) in [5, 5.41) is 12.6. The second kappa shape index (κ2) is 9.82. The van der Waals surface area contributed by atoms with Crippen molar-refractivity contribution >= 4 is 28.3 Å². The fraction of sp³-hybridized carbons (Fsp3) is 0.300. The topological polar surface area (TPSA) is 96.6 Å². The van der Waals surface area contributed by atoms with E-state index in [2.05, 4.69) is 15.8 Å². The maximum Gasteiger partial charge on any atom is 0.312 e. The SMILES string of the molecule is CC.Cc1ccc(Nc2c(C(=O)NOCC(C)O)oc3ccncc23)c(F)c1. The Hall–Kier alpha value is -2.97. The summed E-state index contributed by atoms with van der Waals surface area (Å²) in [7, 11) is 0. The van der Waals surface area contributed by atoms with Crippen LogP contribution in [-0.4, -0.2) is 28.7 Å². The average Bonchev–Trinajstić information content (AvgIpc) is 3.04. The zero-order chi connectivity index (χ0) is 20.7. The lowest BCUT2D eigenvalue weighted by atomic mass is 10.2. The van der Waals surface area contributed by atoms with E-state index in [1.54, 1.807) is 25.1 Å². The van der Waals surface area contributed by atoms with Crippen LogP contribution in [0.2, 0.25) is 0 Å². The van der Waals surface area contributed by atoms with Gasteiger partial charge in [-0.1, -0.05) is 19.9 Å². The summed E-state index contributed by atoms with van der Waals surface area (Å²) in [5.41, 5.74) is 3.85. The predicted molar refractivity (Wildman–Crippen MR) is 105 cm³/mol. The molecular formula is C20H24FN3O4. The Bertz CT molecular complexity index is 940. The Morgan fingerprint density at radius 1 is 1.36 bits per heavy atom. The second-order valence-corrected chi connectivity index (χ2v) is 5.88. The molecule has 2 aromatic heterocycles. The number of benzene rings is 1. The van der Waals surface area contributed by atoms with E-state index in [-0.39, 0.29) is 23.7 Å². The van der Waals surface area contributed by atoms with E-state index in [1.165, 1.54) is 25.4 Å². The standard InChI is InChI=1S/C18H18FN3O4.C2H6/c1-10-3-4-14(13(19)7-10)21-16-12-8-20-6-5-15(12)26-17(16)18(24)22-25-9-11(2)23;1-2/h3-8,11,21,23H,9H2,1-2H3,(H,22,24);1-2H3. The number of aliphatic hydroxyl groups is 1. The fourth-order valence-electron chi connectivity index (χ4n) is 2.36. The molecule has 0 saturated carbocycles. The molecule has 0 radical (unpaired) electrons. The van der Waals surface area contributed by atoms with E-state index in [0.717, 1.165) is 5.56 Å². The van der Waals surface area contributed by atoms with Gasteiger partial charge < -0.3 is 14.8 Å². The molecule has 8 heteroatoms. The van der Waals surface area contributed by atoms with Crippen molar-refractivity contribution in [3.63, 3.8) is 0 Å². The number of aryl methyl sites for hydroxylation is 1. The molecule has 150 valence electrons. The van der Waals surface area contributed by atoms with Crippen molar-refractivity contribution in [2.45, 2.75) is 33.8 Å². The molecule has 2 heterocycles. The van der Waals surface area contributed by atoms with Gasteiger partial charge >= 0.3 is 5.91 Å². The Morgan fingerprint density at radius 2 is 2.11 bits per heavy atom. The van der Waals surface area contributed by atoms with Gasteiger partial charge in [0.05, 0.1) is 17.2 Å². The number of furan rings is 1. The van der Waals surface area contributed by atoms with Crippen LogP contribution in [0.15, 0.2) is 41.1 Å². The van der Waals surface area contributed by atoms with Crippen molar-refractivity contribution in [3.05, 3.63) is 53.8 Å². The lowest BCUT2D eigenvalue weighted by molar-refractivity contribution is -0.00799. The van der Waals surface area contributed by atoms with Crippen LogP contribution < -0.4 is 10.8 Å². The van der Waals surface area contributed by atoms with Gasteiger partial charge in [-0.05, 0) is 37.6 Å². The van der Waals surface area contributed by atoms with Gasteiger partial charge in [-0.15, -0.1) is 0 Å². The number of fused-ring (bicyclic) bond motifs is 1. The first kappa shape index (κ1) is 21.3. The number of amides is 1. The monoisotopic (exact) mass is 389 g/mol. The number of hydrogen-bond donors (Lipinski definition) is 3. The number of rotatable bonds is 6. The Labute approximate surface area is 162 Å². The summed E-state index contributed by atoms with van der Waals surface area (Å²) in [6, 6.07) is 6.30. The molecule has 1 atom stereocenters. The molecule has 0 aliphatic heterocycles. The van der Waals surface area contributed by atoms with Gasteiger partial charge in [0.25, 0.3) is 0 Å². The first-order valence-corrected chi connectivity index (χ1v) is 8.95. The van der Waals surface area contributed by atoms with Gasteiger partial charge in [0, 0.05) is 12.4 Å². The maximum atomic E-state index is 14.2. The molecule has 3 rings (SSSR count). The van der Waals surface area contributed by atoms with Gasteiger partial charge in [-0.25, -0.2) is 9.87 Å². The van der Waals surface area contributed by atoms with E-state index in [9.17, 15) is 14.3 Å². The second-order valence-electron chi connectivity index (χ2n) is 5.88. The molecule has 1 unspecified atom stereocenters. The van der Waals surface area contributed by atoms with E-state index in [1.807, 2.05) is 13.8 Å². The highest BCUT2D eigenvalue weighted by Crippen LogP contribution is 2.33. The highest BCUT2D eigenvalue weighted by Gasteiger charge is 2.22. The highest BCUT2D eigenvalue weighted by atomic mass is 19.1. The third-order valence-corrected chi connectivity index (χ3v) is 3.57. The largest absolute Gasteiger partial charge is 0.448 e. The number of carbonyl (C=O) groups excluding carboxylic acids is 1. The molecule has 0 saturated heterocycles. The number of halogens is 1. The first-order valence-electron chi connectivity index (χ1n) is 8.95. The van der Waals surface area contributed by atoms with E-state index >= 15 is 0 Å². The summed E-state index contributed by atoms with van der Waals surface area (Å²) in [6.45, 7) is 7.22. The highest BCUT2D eigenvalue weighted by molar-refractivity contribution is 6.06. The molecule has 0 spiro atoms. The quantitative estimate of drug-likeness (QED) is 0.550. The summed E-state index contributed by atoms with van der Waals surface area (Å²) in [4.78, 5) is 21.3. The molecule has 0 aliphatic rings. The van der Waals surface area contributed by atoms with Gasteiger partial charge in [-0.3, -0.25) is 14.6 Å². The lowest BCUT2D eigenvalue weighted by Gasteiger charge is -2.10. The normalized spacial score (nSPS) is 11.5. The molecule has 3 aromatic rings. The number of hydroxylamine groups is 1. The molecular weight excluding hydrogens is 365 g/mol. The predicted octanol–water partition coefficient (Wildman–Crippen LogP) is 4.09. The van der Waals surface area contributed by atoms with E-state index in [0.29, 0.717) is 11.0 Å². The maximum absolute atomic E-state index is 14.2. The number of aromatic nitrogens is 1. The van der Waals surface area contributed by atoms with Crippen molar-refractivity contribution < 1.29 is 23.5 Å². The van der Waals surface area contributed by atoms with Crippen molar-refractivity contribution in [3.8, 4) is 0 Å². The van der Waals surface area contributed by atoms with Crippen molar-refractivity contribution in [1.82, 2.24) is 10.5 Å². The van der Waals surface area contributed by atoms with Gasteiger partial charge in [0.1, 0.15) is 23.7 Å². The number of pyridine rings is 1. The lowest BCUT2D eigenvalue weighted by Crippen LogP contribution is -2.27. The van der Waals surface area contributed by atoms with Crippen molar-refractivity contribution in [2.75, 3.05) is 11.9 Å². The number of aliphatic hydroxyl groups excluding tert-OH is 1. The number of hydrogen-bond acceptors (Lipinski definition) is 6. The Morgan fingerprint density at radius 3 is 2.79 bits per heavy atom. The van der Waals surface area contributed by atoms with Crippen molar-refractivity contribution in [2.24, 2.45) is 0 Å². The summed E-state index contributed by atoms with van der Waals surface area (Å²) in [5.74, 6) is -1.21. The minimum absolute atomic E-state index is 0.0805. The first-order chi connectivity index (χ1) is 13.5. The molecule has 28 heavy (non-hydrogen) atoms. The van der Waals surface area contributed by atoms with Crippen LogP contribution in [0.5, 0.6) is 0 Å². The fourth-order valence-corrected chi connectivity index (χ4v) is 2.36. The van der Waals surface area contributed by atoms with E-state index < -0.39 is 17.8 Å². The molecule has 3 N–H and O–H groups in total. The van der Waals surface area contributed by atoms with Gasteiger partial charge in [-0.2, -0.15) is 0 Å². The molecule has 0 bridgehead atoms. The van der Waals surface area contributed by atoms with Crippen LogP contribution in [0.25, 0.3) is 11.0 Å². The number of anilines is 2. The number of nitrogens with zero attached hydrogens (tertiary/aromatic N) is 1. The van der Waals surface area contributed by atoms with Crippen LogP contribution in [0.1, 0.15) is 36.9 Å².